The molecule has 0 amide bonds. The van der Waals surface area contributed by atoms with E-state index in [1.54, 1.807) is 0 Å². The van der Waals surface area contributed by atoms with E-state index in [4.69, 9.17) is 5.73 Å². The minimum absolute atomic E-state index is 0.174. The van der Waals surface area contributed by atoms with Crippen LogP contribution in [0.3, 0.4) is 0 Å². The van der Waals surface area contributed by atoms with Crippen LogP contribution in [0, 0.1) is 0 Å². The Morgan fingerprint density at radius 2 is 1.73 bits per heavy atom. The average Bonchev–Trinajstić information content (AvgIpc) is 2.00. The lowest BCUT2D eigenvalue weighted by molar-refractivity contribution is 0.428. The maximum absolute atomic E-state index is 11.2. The first kappa shape index (κ1) is 12.3. The number of hydrogen-bond acceptors (Lipinski definition) is 3. The summed E-state index contributed by atoms with van der Waals surface area (Å²) in [6.45, 7) is 6.78. The Kier molecular flexibility index (Phi) is 3.28. The van der Waals surface area contributed by atoms with Crippen molar-refractivity contribution in [1.82, 2.24) is 4.90 Å². The zero-order valence-corrected chi connectivity index (χ0v) is 10.3. The Morgan fingerprint density at radius 1 is 1.27 bits per heavy atom. The molecule has 15 heavy (non-hydrogen) atoms. The number of nitrogens with two attached hydrogens (primary N) is 1. The summed E-state index contributed by atoms with van der Waals surface area (Å²) < 4.78 is 22.4. The fourth-order valence-corrected chi connectivity index (χ4v) is 2.56. The quantitative estimate of drug-likeness (QED) is 0.465. The fraction of sp³-hybridized carbons (Fsp3) is 0.889. The first-order chi connectivity index (χ1) is 6.70. The van der Waals surface area contributed by atoms with Crippen LogP contribution in [0.5, 0.6) is 0 Å². The lowest BCUT2D eigenvalue weighted by atomic mass is 10.1. The first-order valence-corrected chi connectivity index (χ1v) is 6.82. The monoisotopic (exact) mass is 233 g/mol. The highest BCUT2D eigenvalue weighted by Gasteiger charge is 2.23. The van der Waals surface area contributed by atoms with Crippen molar-refractivity contribution in [3.63, 3.8) is 0 Å². The van der Waals surface area contributed by atoms with Gasteiger partial charge in [-0.25, -0.2) is 13.4 Å². The van der Waals surface area contributed by atoms with E-state index < -0.39 is 9.84 Å². The van der Waals surface area contributed by atoms with Gasteiger partial charge in [-0.05, 0) is 20.8 Å². The standard InChI is InChI=1S/C9H19N3O2S/c1-9(2,3)11-8(10)12-4-6-15(13,14)7-5-12/h4-7H2,1-3H3,(H2,10,11). The second-order valence-electron chi connectivity index (χ2n) is 4.78. The second-order valence-corrected chi connectivity index (χ2v) is 7.08. The highest BCUT2D eigenvalue weighted by molar-refractivity contribution is 7.91. The predicted molar refractivity (Wildman–Crippen MR) is 61.6 cm³/mol. The Bertz CT molecular complexity index is 340. The van der Waals surface area contributed by atoms with E-state index in [1.165, 1.54) is 0 Å². The van der Waals surface area contributed by atoms with Crippen LogP contribution in [-0.4, -0.2) is 49.4 Å². The van der Waals surface area contributed by atoms with Gasteiger partial charge in [0.05, 0.1) is 17.0 Å². The Morgan fingerprint density at radius 3 is 2.13 bits per heavy atom. The van der Waals surface area contributed by atoms with Gasteiger partial charge in [-0.3, -0.25) is 0 Å². The molecule has 0 aromatic rings. The molecular formula is C9H19N3O2S. The molecule has 0 aromatic carbocycles. The summed E-state index contributed by atoms with van der Waals surface area (Å²) in [5.74, 6) is 0.790. The van der Waals surface area contributed by atoms with Crippen molar-refractivity contribution in [3.05, 3.63) is 0 Å². The molecule has 0 unspecified atom stereocenters. The second kappa shape index (κ2) is 4.00. The van der Waals surface area contributed by atoms with Crippen LogP contribution in [0.1, 0.15) is 20.8 Å². The van der Waals surface area contributed by atoms with Crippen LogP contribution in [0.15, 0.2) is 4.99 Å². The molecule has 0 aliphatic carbocycles. The highest BCUT2D eigenvalue weighted by atomic mass is 32.2. The van der Waals surface area contributed by atoms with Crippen LogP contribution < -0.4 is 5.73 Å². The van der Waals surface area contributed by atoms with Gasteiger partial charge in [-0.1, -0.05) is 0 Å². The molecule has 0 radical (unpaired) electrons. The molecule has 2 N–H and O–H groups in total. The van der Waals surface area contributed by atoms with E-state index in [2.05, 4.69) is 4.99 Å². The average molecular weight is 233 g/mol. The zero-order valence-electron chi connectivity index (χ0n) is 9.52. The van der Waals surface area contributed by atoms with E-state index in [0.29, 0.717) is 19.0 Å². The van der Waals surface area contributed by atoms with Crippen molar-refractivity contribution in [3.8, 4) is 0 Å². The van der Waals surface area contributed by atoms with Crippen molar-refractivity contribution < 1.29 is 8.42 Å². The summed E-state index contributed by atoms with van der Waals surface area (Å²) in [7, 11) is -2.85. The first-order valence-electron chi connectivity index (χ1n) is 5.00. The molecule has 6 heteroatoms. The van der Waals surface area contributed by atoms with Gasteiger partial charge in [0.15, 0.2) is 15.8 Å². The molecule has 0 spiro atoms. The third-order valence-electron chi connectivity index (χ3n) is 2.12. The van der Waals surface area contributed by atoms with E-state index >= 15 is 0 Å². The minimum Gasteiger partial charge on any atom is -0.370 e. The number of sulfone groups is 1. The van der Waals surface area contributed by atoms with Gasteiger partial charge in [-0.2, -0.15) is 0 Å². The Balaban J connectivity index is 2.65. The molecule has 0 aromatic heterocycles. The lowest BCUT2D eigenvalue weighted by Gasteiger charge is -2.29. The molecule has 0 bridgehead atoms. The molecule has 1 rings (SSSR count). The van der Waals surface area contributed by atoms with Crippen molar-refractivity contribution >= 4 is 15.8 Å². The third kappa shape index (κ3) is 4.07. The van der Waals surface area contributed by atoms with Crippen LogP contribution in [0.25, 0.3) is 0 Å². The Hall–Kier alpha value is -0.780. The summed E-state index contributed by atoms with van der Waals surface area (Å²) in [6, 6.07) is 0. The molecule has 1 heterocycles. The van der Waals surface area contributed by atoms with Gasteiger partial charge in [-0.15, -0.1) is 0 Å². The van der Waals surface area contributed by atoms with Gasteiger partial charge >= 0.3 is 0 Å². The molecule has 0 atom stereocenters. The van der Waals surface area contributed by atoms with Crippen LogP contribution in [0.4, 0.5) is 0 Å². The third-order valence-corrected chi connectivity index (χ3v) is 3.73. The van der Waals surface area contributed by atoms with Crippen molar-refractivity contribution in [1.29, 1.82) is 0 Å². The molecule has 1 saturated heterocycles. The summed E-state index contributed by atoms with van der Waals surface area (Å²) in [6.07, 6.45) is 0. The summed E-state index contributed by atoms with van der Waals surface area (Å²) >= 11 is 0. The van der Waals surface area contributed by atoms with E-state index in [-0.39, 0.29) is 17.0 Å². The molecule has 88 valence electrons. The molecule has 0 saturated carbocycles. The van der Waals surface area contributed by atoms with Crippen LogP contribution in [0.2, 0.25) is 0 Å². The SMILES string of the molecule is CC(C)(C)N=C(N)N1CCS(=O)(=O)CC1. The molecule has 5 nitrogen and oxygen atoms in total. The topological polar surface area (TPSA) is 75.8 Å². The number of nitrogens with zero attached hydrogens (tertiary/aromatic N) is 2. The minimum atomic E-state index is -2.85. The van der Waals surface area contributed by atoms with E-state index in [0.717, 1.165) is 0 Å². The van der Waals surface area contributed by atoms with Gasteiger partial charge in [0, 0.05) is 13.1 Å². The van der Waals surface area contributed by atoms with Crippen molar-refractivity contribution in [2.24, 2.45) is 10.7 Å². The summed E-state index contributed by atoms with van der Waals surface area (Å²) in [5.41, 5.74) is 5.58. The molecule has 1 fully saturated rings. The van der Waals surface area contributed by atoms with Crippen molar-refractivity contribution in [2.75, 3.05) is 24.6 Å². The molecular weight excluding hydrogens is 214 g/mol. The molecule has 1 aliphatic heterocycles. The summed E-state index contributed by atoms with van der Waals surface area (Å²) in [5, 5.41) is 0. The lowest BCUT2D eigenvalue weighted by Crippen LogP contribution is -2.47. The zero-order chi connectivity index (χ0) is 11.7. The number of rotatable bonds is 0. The maximum atomic E-state index is 11.2. The predicted octanol–water partition coefficient (Wildman–Crippen LogP) is -0.170. The molecule has 1 aliphatic rings. The fourth-order valence-electron chi connectivity index (χ4n) is 1.36. The van der Waals surface area contributed by atoms with E-state index in [9.17, 15) is 8.42 Å². The van der Waals surface area contributed by atoms with Gasteiger partial charge in [0.25, 0.3) is 0 Å². The normalized spacial score (nSPS) is 22.9. The van der Waals surface area contributed by atoms with Gasteiger partial charge in [0.2, 0.25) is 0 Å². The van der Waals surface area contributed by atoms with Crippen LogP contribution in [-0.2, 0) is 9.84 Å². The van der Waals surface area contributed by atoms with Gasteiger partial charge < -0.3 is 10.6 Å². The smallest absolute Gasteiger partial charge is 0.191 e. The maximum Gasteiger partial charge on any atom is 0.191 e. The number of hydrogen-bond donors (Lipinski definition) is 1. The Labute approximate surface area is 91.3 Å². The highest BCUT2D eigenvalue weighted by Crippen LogP contribution is 2.09. The largest absolute Gasteiger partial charge is 0.370 e. The summed E-state index contributed by atoms with van der Waals surface area (Å²) in [4.78, 5) is 6.13. The number of aliphatic imine (C=N–C) groups is 1. The number of guanidine groups is 1. The van der Waals surface area contributed by atoms with Gasteiger partial charge in [0.1, 0.15) is 0 Å². The van der Waals surface area contributed by atoms with Crippen molar-refractivity contribution in [2.45, 2.75) is 26.3 Å². The van der Waals surface area contributed by atoms with Crippen LogP contribution >= 0.6 is 0 Å². The van der Waals surface area contributed by atoms with E-state index in [1.807, 2.05) is 25.7 Å².